The molecule has 0 amide bonds. The Bertz CT molecular complexity index is 150. The summed E-state index contributed by atoms with van der Waals surface area (Å²) in [4.78, 5) is 13.1. The number of methoxy groups -OCH3 is 1. The molecule has 0 bridgehead atoms. The van der Waals surface area contributed by atoms with Gasteiger partial charge in [-0.2, -0.15) is 0 Å². The second kappa shape index (κ2) is 8.97. The average molecular weight is 203 g/mol. The molecule has 0 atom stereocenters. The van der Waals surface area contributed by atoms with Crippen LogP contribution in [-0.2, 0) is 14.3 Å². The Morgan fingerprint density at radius 1 is 1.36 bits per heavy atom. The number of esters is 1. The first-order valence-corrected chi connectivity index (χ1v) is 5.03. The topological polar surface area (TPSA) is 38.8 Å². The Labute approximate surface area is 86.2 Å². The maximum atomic E-state index is 11.2. The molecule has 0 aliphatic heterocycles. The number of carbonyl (C=O) groups excluding carboxylic acids is 1. The van der Waals surface area contributed by atoms with Crippen molar-refractivity contribution >= 4 is 5.97 Å². The zero-order valence-electron chi connectivity index (χ0n) is 9.41. The van der Waals surface area contributed by atoms with E-state index in [1.54, 1.807) is 7.11 Å². The van der Waals surface area contributed by atoms with Crippen LogP contribution in [0.25, 0.3) is 0 Å². The Hall–Kier alpha value is -0.610. The van der Waals surface area contributed by atoms with Crippen molar-refractivity contribution < 1.29 is 14.3 Å². The van der Waals surface area contributed by atoms with Crippen LogP contribution in [0.3, 0.4) is 0 Å². The summed E-state index contributed by atoms with van der Waals surface area (Å²) in [5.41, 5.74) is 0. The summed E-state index contributed by atoms with van der Waals surface area (Å²) < 4.78 is 9.91. The van der Waals surface area contributed by atoms with Gasteiger partial charge in [-0.15, -0.1) is 0 Å². The van der Waals surface area contributed by atoms with Crippen molar-refractivity contribution in [3.8, 4) is 0 Å². The van der Waals surface area contributed by atoms with E-state index in [9.17, 15) is 4.79 Å². The van der Waals surface area contributed by atoms with E-state index in [4.69, 9.17) is 9.47 Å². The van der Waals surface area contributed by atoms with Crippen LogP contribution in [0, 0.1) is 0 Å². The summed E-state index contributed by atoms with van der Waals surface area (Å²) in [5.74, 6) is -0.156. The Morgan fingerprint density at radius 3 is 2.64 bits per heavy atom. The summed E-state index contributed by atoms with van der Waals surface area (Å²) in [6.45, 7) is 4.33. The molecule has 0 aliphatic carbocycles. The number of likely N-dealkylation sites (N-methyl/N-ethyl adjacent to an activating group) is 1. The number of nitrogens with zero attached hydrogens (tertiary/aromatic N) is 1. The molecule has 0 radical (unpaired) electrons. The van der Waals surface area contributed by atoms with Gasteiger partial charge >= 0.3 is 5.97 Å². The third kappa shape index (κ3) is 8.01. The molecule has 0 aromatic carbocycles. The first-order chi connectivity index (χ1) is 6.70. The fourth-order valence-electron chi connectivity index (χ4n) is 0.923. The van der Waals surface area contributed by atoms with Crippen LogP contribution in [0.5, 0.6) is 0 Å². The van der Waals surface area contributed by atoms with Gasteiger partial charge in [0.2, 0.25) is 0 Å². The number of rotatable bonds is 8. The molecule has 0 rings (SSSR count). The van der Waals surface area contributed by atoms with Crippen LogP contribution in [0.4, 0.5) is 0 Å². The largest absolute Gasteiger partial charge is 0.465 e. The fourth-order valence-corrected chi connectivity index (χ4v) is 0.923. The van der Waals surface area contributed by atoms with Crippen LogP contribution in [-0.4, -0.2) is 51.3 Å². The van der Waals surface area contributed by atoms with Gasteiger partial charge in [0.05, 0.1) is 19.8 Å². The number of unbranched alkanes of at least 4 members (excludes halogenated alkanes) is 1. The molecule has 0 saturated heterocycles. The van der Waals surface area contributed by atoms with E-state index in [1.165, 1.54) is 0 Å². The van der Waals surface area contributed by atoms with Gasteiger partial charge < -0.3 is 9.47 Å². The van der Waals surface area contributed by atoms with Crippen LogP contribution >= 0.6 is 0 Å². The maximum absolute atomic E-state index is 11.2. The van der Waals surface area contributed by atoms with Gasteiger partial charge in [-0.05, 0) is 13.5 Å². The SMILES string of the molecule is CCCCOC(=O)CN(C)CCOC. The number of ether oxygens (including phenoxy) is 2. The van der Waals surface area contributed by atoms with Gasteiger partial charge in [0.25, 0.3) is 0 Å². The molecule has 0 aromatic heterocycles. The summed E-state index contributed by atoms with van der Waals surface area (Å²) >= 11 is 0. The molecule has 0 unspecified atom stereocenters. The van der Waals surface area contributed by atoms with E-state index in [2.05, 4.69) is 6.92 Å². The first-order valence-electron chi connectivity index (χ1n) is 5.03. The molecule has 0 aromatic rings. The number of hydrogen-bond acceptors (Lipinski definition) is 4. The Kier molecular flexibility index (Phi) is 8.57. The van der Waals surface area contributed by atoms with Gasteiger partial charge in [-0.3, -0.25) is 9.69 Å². The lowest BCUT2D eigenvalue weighted by Gasteiger charge is -2.14. The fraction of sp³-hybridized carbons (Fsp3) is 0.900. The summed E-state index contributed by atoms with van der Waals surface area (Å²) in [7, 11) is 3.52. The first kappa shape index (κ1) is 13.4. The predicted molar refractivity (Wildman–Crippen MR) is 55.2 cm³/mol. The van der Waals surface area contributed by atoms with E-state index < -0.39 is 0 Å². The molecule has 0 fully saturated rings. The molecule has 4 nitrogen and oxygen atoms in total. The third-order valence-corrected chi connectivity index (χ3v) is 1.84. The monoisotopic (exact) mass is 203 g/mol. The second-order valence-corrected chi connectivity index (χ2v) is 3.30. The quantitative estimate of drug-likeness (QED) is 0.434. The third-order valence-electron chi connectivity index (χ3n) is 1.84. The molecule has 0 saturated carbocycles. The number of carbonyl (C=O) groups is 1. The number of hydrogen-bond donors (Lipinski definition) is 0. The van der Waals surface area contributed by atoms with Gasteiger partial charge in [0, 0.05) is 13.7 Å². The molecule has 14 heavy (non-hydrogen) atoms. The molecule has 84 valence electrons. The molecule has 0 spiro atoms. The molecule has 0 heterocycles. The van der Waals surface area contributed by atoms with Crippen LogP contribution in [0.1, 0.15) is 19.8 Å². The van der Waals surface area contributed by atoms with E-state index in [1.807, 2.05) is 11.9 Å². The highest BCUT2D eigenvalue weighted by atomic mass is 16.5. The molecule has 0 aliphatic rings. The highest BCUT2D eigenvalue weighted by molar-refractivity contribution is 5.71. The van der Waals surface area contributed by atoms with Crippen LogP contribution in [0.2, 0.25) is 0 Å². The van der Waals surface area contributed by atoms with Crippen molar-refractivity contribution in [2.75, 3.05) is 40.5 Å². The van der Waals surface area contributed by atoms with Crippen molar-refractivity contribution in [3.63, 3.8) is 0 Å². The van der Waals surface area contributed by atoms with E-state index in [-0.39, 0.29) is 5.97 Å². The zero-order valence-corrected chi connectivity index (χ0v) is 9.41. The van der Waals surface area contributed by atoms with Crippen molar-refractivity contribution in [2.45, 2.75) is 19.8 Å². The van der Waals surface area contributed by atoms with Crippen molar-refractivity contribution in [3.05, 3.63) is 0 Å². The van der Waals surface area contributed by atoms with Crippen molar-refractivity contribution in [2.24, 2.45) is 0 Å². The lowest BCUT2D eigenvalue weighted by atomic mass is 10.4. The average Bonchev–Trinajstić information content (AvgIpc) is 2.15. The van der Waals surface area contributed by atoms with Gasteiger partial charge in [-0.25, -0.2) is 0 Å². The normalized spacial score (nSPS) is 10.6. The molecule has 0 N–H and O–H groups in total. The molecular formula is C10H21NO3. The van der Waals surface area contributed by atoms with Crippen molar-refractivity contribution in [1.82, 2.24) is 4.90 Å². The van der Waals surface area contributed by atoms with E-state index >= 15 is 0 Å². The van der Waals surface area contributed by atoms with E-state index in [0.29, 0.717) is 19.8 Å². The predicted octanol–water partition coefficient (Wildman–Crippen LogP) is 0.908. The zero-order chi connectivity index (χ0) is 10.8. The second-order valence-electron chi connectivity index (χ2n) is 3.30. The maximum Gasteiger partial charge on any atom is 0.320 e. The van der Waals surface area contributed by atoms with Crippen molar-refractivity contribution in [1.29, 1.82) is 0 Å². The Balaban J connectivity index is 3.40. The van der Waals surface area contributed by atoms with Crippen LogP contribution < -0.4 is 0 Å². The van der Waals surface area contributed by atoms with Gasteiger partial charge in [-0.1, -0.05) is 13.3 Å². The van der Waals surface area contributed by atoms with Gasteiger partial charge in [0.1, 0.15) is 0 Å². The highest BCUT2D eigenvalue weighted by Gasteiger charge is 2.06. The Morgan fingerprint density at radius 2 is 2.07 bits per heavy atom. The minimum absolute atomic E-state index is 0.156. The lowest BCUT2D eigenvalue weighted by molar-refractivity contribution is -0.144. The minimum Gasteiger partial charge on any atom is -0.465 e. The standard InChI is InChI=1S/C10H21NO3/c1-4-5-7-14-10(12)9-11(2)6-8-13-3/h4-9H2,1-3H3. The van der Waals surface area contributed by atoms with Crippen LogP contribution in [0.15, 0.2) is 0 Å². The van der Waals surface area contributed by atoms with Gasteiger partial charge in [0.15, 0.2) is 0 Å². The lowest BCUT2D eigenvalue weighted by Crippen LogP contribution is -2.30. The summed E-state index contributed by atoms with van der Waals surface area (Å²) in [5, 5.41) is 0. The summed E-state index contributed by atoms with van der Waals surface area (Å²) in [6.07, 6.45) is 1.99. The summed E-state index contributed by atoms with van der Waals surface area (Å²) in [6, 6.07) is 0. The minimum atomic E-state index is -0.156. The smallest absolute Gasteiger partial charge is 0.320 e. The van der Waals surface area contributed by atoms with E-state index in [0.717, 1.165) is 19.4 Å². The molecular weight excluding hydrogens is 182 g/mol. The highest BCUT2D eigenvalue weighted by Crippen LogP contribution is 1.90. The molecule has 4 heteroatoms.